The normalized spacial score (nSPS) is 28.9. The fourth-order valence-corrected chi connectivity index (χ4v) is 2.05. The van der Waals surface area contributed by atoms with Gasteiger partial charge in [0.25, 0.3) is 0 Å². The number of rotatable bonds is 7. The van der Waals surface area contributed by atoms with E-state index in [4.69, 9.17) is 9.47 Å². The summed E-state index contributed by atoms with van der Waals surface area (Å²) >= 11 is 0. The van der Waals surface area contributed by atoms with Gasteiger partial charge in [0.1, 0.15) is 0 Å². The number of ether oxygens (including phenoxy) is 2. The van der Waals surface area contributed by atoms with E-state index in [-0.39, 0.29) is 6.10 Å². The number of nitrogens with one attached hydrogen (secondary N) is 1. The molecule has 0 bridgehead atoms. The first-order valence-corrected chi connectivity index (χ1v) is 6.81. The van der Waals surface area contributed by atoms with Crippen LogP contribution < -0.4 is 5.32 Å². The van der Waals surface area contributed by atoms with Crippen molar-refractivity contribution in [2.45, 2.75) is 56.8 Å². The highest BCUT2D eigenvalue weighted by Gasteiger charge is 2.27. The van der Waals surface area contributed by atoms with Gasteiger partial charge in [0.15, 0.2) is 0 Å². The zero-order valence-electron chi connectivity index (χ0n) is 10.8. The smallest absolute Gasteiger partial charge is 0.0975 e. The lowest BCUT2D eigenvalue weighted by molar-refractivity contribution is -0.0808. The predicted octanol–water partition coefficient (Wildman–Crippen LogP) is 1.08. The van der Waals surface area contributed by atoms with E-state index >= 15 is 0 Å². The van der Waals surface area contributed by atoms with E-state index in [1.54, 1.807) is 0 Å². The van der Waals surface area contributed by atoms with Crippen LogP contribution in [0, 0.1) is 0 Å². The van der Waals surface area contributed by atoms with Crippen molar-refractivity contribution in [3.05, 3.63) is 0 Å². The third kappa shape index (κ3) is 5.34. The van der Waals surface area contributed by atoms with Crippen LogP contribution in [-0.4, -0.2) is 49.2 Å². The second kappa shape index (κ2) is 6.14. The summed E-state index contributed by atoms with van der Waals surface area (Å²) in [4.78, 5) is 0. The van der Waals surface area contributed by atoms with Crippen LogP contribution in [0.1, 0.15) is 39.0 Å². The van der Waals surface area contributed by atoms with Crippen molar-refractivity contribution in [2.24, 2.45) is 0 Å². The van der Waals surface area contributed by atoms with Crippen molar-refractivity contribution in [3.8, 4) is 0 Å². The average molecular weight is 243 g/mol. The molecular formula is C13H25NO3. The molecule has 100 valence electrons. The van der Waals surface area contributed by atoms with Gasteiger partial charge in [-0.3, -0.25) is 0 Å². The lowest BCUT2D eigenvalue weighted by atomic mass is 10.1. The molecule has 2 atom stereocenters. The molecular weight excluding hydrogens is 218 g/mol. The number of hydrogen-bond acceptors (Lipinski definition) is 4. The van der Waals surface area contributed by atoms with E-state index in [2.05, 4.69) is 5.32 Å². The van der Waals surface area contributed by atoms with Gasteiger partial charge < -0.3 is 19.9 Å². The van der Waals surface area contributed by atoms with E-state index in [9.17, 15) is 5.11 Å². The van der Waals surface area contributed by atoms with Gasteiger partial charge in [-0.1, -0.05) is 0 Å². The molecule has 17 heavy (non-hydrogen) atoms. The first kappa shape index (κ1) is 13.3. The molecule has 2 unspecified atom stereocenters. The van der Waals surface area contributed by atoms with Gasteiger partial charge >= 0.3 is 0 Å². The summed E-state index contributed by atoms with van der Waals surface area (Å²) in [7, 11) is 0. The Kier molecular flexibility index (Phi) is 4.79. The maximum atomic E-state index is 10.1. The fraction of sp³-hybridized carbons (Fsp3) is 1.00. The van der Waals surface area contributed by atoms with Crippen LogP contribution >= 0.6 is 0 Å². The number of hydrogen-bond donors (Lipinski definition) is 2. The van der Waals surface area contributed by atoms with Crippen LogP contribution in [-0.2, 0) is 9.47 Å². The third-order valence-electron chi connectivity index (χ3n) is 3.34. The molecule has 1 saturated carbocycles. The van der Waals surface area contributed by atoms with E-state index in [0.29, 0.717) is 25.8 Å². The largest absolute Gasteiger partial charge is 0.386 e. The molecule has 2 fully saturated rings. The molecule has 1 aliphatic heterocycles. The van der Waals surface area contributed by atoms with Crippen molar-refractivity contribution in [1.29, 1.82) is 0 Å². The molecule has 1 heterocycles. The average Bonchev–Trinajstić information content (AvgIpc) is 3.12. The van der Waals surface area contributed by atoms with Crippen LogP contribution in [0.25, 0.3) is 0 Å². The van der Waals surface area contributed by atoms with Gasteiger partial charge in [0, 0.05) is 19.2 Å². The summed E-state index contributed by atoms with van der Waals surface area (Å²) in [5, 5.41) is 13.4. The standard InChI is InChI=1S/C13H25NO3/c1-13(15,9-14-11-5-6-11)10-16-8-12-4-2-3-7-17-12/h11-12,14-15H,2-10H2,1H3. The van der Waals surface area contributed by atoms with Crippen LogP contribution in [0.2, 0.25) is 0 Å². The van der Waals surface area contributed by atoms with Gasteiger partial charge in [-0.2, -0.15) is 0 Å². The van der Waals surface area contributed by atoms with Gasteiger partial charge in [-0.05, 0) is 39.0 Å². The first-order chi connectivity index (χ1) is 8.16. The minimum atomic E-state index is -0.767. The lowest BCUT2D eigenvalue weighted by Crippen LogP contribution is -2.43. The molecule has 1 aliphatic carbocycles. The fourth-order valence-electron chi connectivity index (χ4n) is 2.05. The maximum absolute atomic E-state index is 10.1. The van der Waals surface area contributed by atoms with Crippen molar-refractivity contribution >= 4 is 0 Å². The van der Waals surface area contributed by atoms with Gasteiger partial charge in [-0.25, -0.2) is 0 Å². The highest BCUT2D eigenvalue weighted by Crippen LogP contribution is 2.19. The SMILES string of the molecule is CC(O)(CNC1CC1)COCC1CCCCO1. The molecule has 4 heteroatoms. The van der Waals surface area contributed by atoms with Crippen LogP contribution in [0.5, 0.6) is 0 Å². The minimum Gasteiger partial charge on any atom is -0.386 e. The zero-order chi connectivity index (χ0) is 12.1. The predicted molar refractivity (Wildman–Crippen MR) is 66.1 cm³/mol. The van der Waals surface area contributed by atoms with Crippen LogP contribution in [0.3, 0.4) is 0 Å². The molecule has 0 aromatic heterocycles. The Morgan fingerprint density at radius 1 is 1.35 bits per heavy atom. The monoisotopic (exact) mass is 243 g/mol. The Labute approximate surface area is 104 Å². The summed E-state index contributed by atoms with van der Waals surface area (Å²) in [6, 6.07) is 0.628. The molecule has 0 aromatic carbocycles. The lowest BCUT2D eigenvalue weighted by Gasteiger charge is -2.26. The molecule has 0 amide bonds. The first-order valence-electron chi connectivity index (χ1n) is 6.81. The highest BCUT2D eigenvalue weighted by molar-refractivity contribution is 4.85. The molecule has 2 aliphatic rings. The van der Waals surface area contributed by atoms with Crippen LogP contribution in [0.4, 0.5) is 0 Å². The number of aliphatic hydroxyl groups is 1. The summed E-state index contributed by atoms with van der Waals surface area (Å²) in [6.45, 7) is 4.28. The Balaban J connectivity index is 1.55. The summed E-state index contributed by atoms with van der Waals surface area (Å²) < 4.78 is 11.2. The van der Waals surface area contributed by atoms with E-state index < -0.39 is 5.60 Å². The summed E-state index contributed by atoms with van der Waals surface area (Å²) in [5.41, 5.74) is -0.767. The third-order valence-corrected chi connectivity index (χ3v) is 3.34. The molecule has 0 radical (unpaired) electrons. The van der Waals surface area contributed by atoms with Crippen LogP contribution in [0.15, 0.2) is 0 Å². The summed E-state index contributed by atoms with van der Waals surface area (Å²) in [5.74, 6) is 0. The maximum Gasteiger partial charge on any atom is 0.0975 e. The van der Waals surface area contributed by atoms with Gasteiger partial charge in [0.05, 0.1) is 24.9 Å². The van der Waals surface area contributed by atoms with E-state index in [1.165, 1.54) is 25.7 Å². The van der Waals surface area contributed by atoms with Crippen molar-refractivity contribution < 1.29 is 14.6 Å². The Hall–Kier alpha value is -0.160. The molecule has 2 rings (SSSR count). The molecule has 4 nitrogen and oxygen atoms in total. The van der Waals surface area contributed by atoms with Gasteiger partial charge in [-0.15, -0.1) is 0 Å². The van der Waals surface area contributed by atoms with Crippen molar-refractivity contribution in [1.82, 2.24) is 5.32 Å². The molecule has 2 N–H and O–H groups in total. The molecule has 1 saturated heterocycles. The second-order valence-electron chi connectivity index (χ2n) is 5.66. The topological polar surface area (TPSA) is 50.7 Å². The van der Waals surface area contributed by atoms with E-state index in [0.717, 1.165) is 13.0 Å². The minimum absolute atomic E-state index is 0.232. The Morgan fingerprint density at radius 3 is 2.82 bits per heavy atom. The molecule has 0 aromatic rings. The van der Waals surface area contributed by atoms with Gasteiger partial charge in [0.2, 0.25) is 0 Å². The zero-order valence-corrected chi connectivity index (χ0v) is 10.8. The highest BCUT2D eigenvalue weighted by atomic mass is 16.5. The Bertz CT molecular complexity index is 223. The second-order valence-corrected chi connectivity index (χ2v) is 5.66. The quantitative estimate of drug-likeness (QED) is 0.702. The Morgan fingerprint density at radius 2 is 2.18 bits per heavy atom. The van der Waals surface area contributed by atoms with Crippen molar-refractivity contribution in [2.75, 3.05) is 26.4 Å². The molecule has 0 spiro atoms. The summed E-state index contributed by atoms with van der Waals surface area (Å²) in [6.07, 6.45) is 6.20. The van der Waals surface area contributed by atoms with E-state index in [1.807, 2.05) is 6.92 Å². The van der Waals surface area contributed by atoms with Crippen molar-refractivity contribution in [3.63, 3.8) is 0 Å².